The number of benzene rings is 1. The second-order valence-corrected chi connectivity index (χ2v) is 5.64. The number of carbonyl (C=O) groups is 1. The van der Waals surface area contributed by atoms with Gasteiger partial charge in [0.2, 0.25) is 0 Å². The lowest BCUT2D eigenvalue weighted by Gasteiger charge is -2.16. The number of thiophene rings is 1. The summed E-state index contributed by atoms with van der Waals surface area (Å²) in [7, 11) is 0. The van der Waals surface area contributed by atoms with Crippen molar-refractivity contribution in [2.24, 2.45) is 0 Å². The van der Waals surface area contributed by atoms with Crippen LogP contribution >= 0.6 is 23.6 Å². The number of nitrogens with zero attached hydrogens (tertiary/aromatic N) is 1. The van der Waals surface area contributed by atoms with Crippen molar-refractivity contribution in [1.82, 2.24) is 5.32 Å². The molecule has 0 unspecified atom stereocenters. The van der Waals surface area contributed by atoms with Crippen LogP contribution < -0.4 is 10.2 Å². The molecule has 3 rings (SSSR count). The highest BCUT2D eigenvalue weighted by atomic mass is 32.1. The lowest BCUT2D eigenvalue weighted by Crippen LogP contribution is -2.30. The van der Waals surface area contributed by atoms with Crippen molar-refractivity contribution >= 4 is 46.3 Å². The van der Waals surface area contributed by atoms with Gasteiger partial charge in [-0.05, 0) is 59.2 Å². The standard InChI is InChI=1S/C15H12N2OS2/c1-10-4-2-3-5-13(10)17-14(18)12(16-15(17)19)8-11-6-7-20-9-11/h2-9H,1H3,(H,16,19)/b12-8+. The molecule has 1 saturated heterocycles. The Morgan fingerprint density at radius 3 is 2.80 bits per heavy atom. The van der Waals surface area contributed by atoms with Crippen molar-refractivity contribution in [1.29, 1.82) is 0 Å². The van der Waals surface area contributed by atoms with E-state index in [2.05, 4.69) is 5.32 Å². The van der Waals surface area contributed by atoms with Crippen LogP contribution in [0.25, 0.3) is 6.08 Å². The zero-order valence-corrected chi connectivity index (χ0v) is 12.4. The molecule has 2 aromatic rings. The summed E-state index contributed by atoms with van der Waals surface area (Å²) in [6.45, 7) is 1.96. The molecule has 5 heteroatoms. The molecule has 0 spiro atoms. The van der Waals surface area contributed by atoms with Gasteiger partial charge in [0.15, 0.2) is 5.11 Å². The van der Waals surface area contributed by atoms with Gasteiger partial charge in [-0.25, -0.2) is 0 Å². The van der Waals surface area contributed by atoms with Crippen LogP contribution in [0.3, 0.4) is 0 Å². The smallest absolute Gasteiger partial charge is 0.281 e. The minimum absolute atomic E-state index is 0.115. The maximum atomic E-state index is 12.5. The molecule has 1 amide bonds. The molecule has 1 aliphatic heterocycles. The third kappa shape index (κ3) is 2.26. The van der Waals surface area contributed by atoms with Crippen LogP contribution in [0.5, 0.6) is 0 Å². The van der Waals surface area contributed by atoms with E-state index in [0.29, 0.717) is 10.8 Å². The first-order valence-electron chi connectivity index (χ1n) is 6.12. The third-order valence-electron chi connectivity index (χ3n) is 3.09. The Hall–Kier alpha value is -1.98. The molecule has 1 N–H and O–H groups in total. The van der Waals surface area contributed by atoms with Crippen molar-refractivity contribution in [2.45, 2.75) is 6.92 Å². The molecular formula is C15H12N2OS2. The number of rotatable bonds is 2. The molecule has 0 radical (unpaired) electrons. The second kappa shape index (κ2) is 5.19. The van der Waals surface area contributed by atoms with Gasteiger partial charge in [0.1, 0.15) is 5.70 Å². The summed E-state index contributed by atoms with van der Waals surface area (Å²) in [5.41, 5.74) is 3.35. The zero-order valence-electron chi connectivity index (χ0n) is 10.8. The SMILES string of the molecule is Cc1ccccc1N1C(=O)/C(=C\c2ccsc2)NC1=S. The Kier molecular flexibility index (Phi) is 3.38. The molecule has 100 valence electrons. The third-order valence-corrected chi connectivity index (χ3v) is 4.07. The summed E-state index contributed by atoms with van der Waals surface area (Å²) < 4.78 is 0. The Bertz CT molecular complexity index is 704. The summed E-state index contributed by atoms with van der Waals surface area (Å²) in [4.78, 5) is 14.1. The van der Waals surface area contributed by atoms with E-state index < -0.39 is 0 Å². The number of para-hydroxylation sites is 1. The lowest BCUT2D eigenvalue weighted by atomic mass is 10.2. The van der Waals surface area contributed by atoms with Crippen LogP contribution in [0.4, 0.5) is 5.69 Å². The van der Waals surface area contributed by atoms with E-state index in [9.17, 15) is 4.79 Å². The highest BCUT2D eigenvalue weighted by Gasteiger charge is 2.32. The van der Waals surface area contributed by atoms with E-state index >= 15 is 0 Å². The molecule has 20 heavy (non-hydrogen) atoms. The van der Waals surface area contributed by atoms with Gasteiger partial charge in [-0.15, -0.1) is 0 Å². The summed E-state index contributed by atoms with van der Waals surface area (Å²) in [6.07, 6.45) is 1.82. The molecule has 1 aromatic carbocycles. The quantitative estimate of drug-likeness (QED) is 0.682. The Morgan fingerprint density at radius 2 is 2.10 bits per heavy atom. The van der Waals surface area contributed by atoms with E-state index in [4.69, 9.17) is 12.2 Å². The molecule has 0 aliphatic carbocycles. The molecule has 0 saturated carbocycles. The van der Waals surface area contributed by atoms with Crippen LogP contribution in [0.15, 0.2) is 46.8 Å². The predicted octanol–water partition coefficient (Wildman–Crippen LogP) is 3.32. The van der Waals surface area contributed by atoms with Gasteiger partial charge in [0.05, 0.1) is 5.69 Å². The molecule has 1 fully saturated rings. The van der Waals surface area contributed by atoms with Crippen LogP contribution in [-0.2, 0) is 4.79 Å². The topological polar surface area (TPSA) is 32.3 Å². The number of hydrogen-bond donors (Lipinski definition) is 1. The second-order valence-electron chi connectivity index (χ2n) is 4.47. The fraction of sp³-hybridized carbons (Fsp3) is 0.0667. The van der Waals surface area contributed by atoms with Crippen molar-refractivity contribution in [2.75, 3.05) is 4.90 Å². The molecule has 2 heterocycles. The maximum Gasteiger partial charge on any atom is 0.281 e. The number of thiocarbonyl (C=S) groups is 1. The first-order valence-corrected chi connectivity index (χ1v) is 7.47. The fourth-order valence-corrected chi connectivity index (χ4v) is 3.00. The van der Waals surface area contributed by atoms with Crippen molar-refractivity contribution in [3.63, 3.8) is 0 Å². The number of amides is 1. The highest BCUT2D eigenvalue weighted by Crippen LogP contribution is 2.25. The number of anilines is 1. The highest BCUT2D eigenvalue weighted by molar-refractivity contribution is 7.80. The Morgan fingerprint density at radius 1 is 1.30 bits per heavy atom. The van der Waals surface area contributed by atoms with Gasteiger partial charge in [-0.2, -0.15) is 11.3 Å². The van der Waals surface area contributed by atoms with Crippen LogP contribution in [0.2, 0.25) is 0 Å². The Balaban J connectivity index is 1.98. The summed E-state index contributed by atoms with van der Waals surface area (Å²) in [5.74, 6) is -0.115. The molecule has 1 aliphatic rings. The monoisotopic (exact) mass is 300 g/mol. The first kappa shape index (κ1) is 13.0. The first-order chi connectivity index (χ1) is 9.66. The van der Waals surface area contributed by atoms with Gasteiger partial charge < -0.3 is 5.32 Å². The van der Waals surface area contributed by atoms with Gasteiger partial charge in [0.25, 0.3) is 5.91 Å². The largest absolute Gasteiger partial charge is 0.327 e. The van der Waals surface area contributed by atoms with Crippen LogP contribution in [-0.4, -0.2) is 11.0 Å². The minimum Gasteiger partial charge on any atom is -0.327 e. The van der Waals surface area contributed by atoms with Gasteiger partial charge in [-0.3, -0.25) is 9.69 Å². The van der Waals surface area contributed by atoms with Crippen LogP contribution in [0.1, 0.15) is 11.1 Å². The van der Waals surface area contributed by atoms with Gasteiger partial charge in [-0.1, -0.05) is 18.2 Å². The average molecular weight is 300 g/mol. The normalized spacial score (nSPS) is 16.9. The van der Waals surface area contributed by atoms with E-state index in [-0.39, 0.29) is 5.91 Å². The van der Waals surface area contributed by atoms with Crippen molar-refractivity contribution in [3.05, 3.63) is 57.9 Å². The van der Waals surface area contributed by atoms with Crippen LogP contribution in [0, 0.1) is 6.92 Å². The fourth-order valence-electron chi connectivity index (χ4n) is 2.09. The van der Waals surface area contributed by atoms with E-state index in [0.717, 1.165) is 16.8 Å². The number of carbonyl (C=O) groups excluding carboxylic acids is 1. The predicted molar refractivity (Wildman–Crippen MR) is 86.7 cm³/mol. The molecule has 0 atom stereocenters. The number of nitrogens with one attached hydrogen (secondary N) is 1. The average Bonchev–Trinajstić information content (AvgIpc) is 3.01. The van der Waals surface area contributed by atoms with E-state index in [1.54, 1.807) is 16.2 Å². The van der Waals surface area contributed by atoms with Crippen molar-refractivity contribution < 1.29 is 4.79 Å². The van der Waals surface area contributed by atoms with Gasteiger partial charge >= 0.3 is 0 Å². The zero-order chi connectivity index (χ0) is 14.1. The number of aryl methyl sites for hydroxylation is 1. The summed E-state index contributed by atoms with van der Waals surface area (Å²) in [5, 5.41) is 7.38. The Labute approximate surface area is 126 Å². The maximum absolute atomic E-state index is 12.5. The summed E-state index contributed by atoms with van der Waals surface area (Å²) >= 11 is 6.88. The van der Waals surface area contributed by atoms with E-state index in [1.165, 1.54) is 0 Å². The number of hydrogen-bond acceptors (Lipinski definition) is 3. The van der Waals surface area contributed by atoms with Crippen molar-refractivity contribution in [3.8, 4) is 0 Å². The molecule has 1 aromatic heterocycles. The minimum atomic E-state index is -0.115. The van der Waals surface area contributed by atoms with E-state index in [1.807, 2.05) is 54.1 Å². The molecule has 3 nitrogen and oxygen atoms in total. The molecule has 0 bridgehead atoms. The van der Waals surface area contributed by atoms with Gasteiger partial charge in [0, 0.05) is 0 Å². The summed E-state index contributed by atoms with van der Waals surface area (Å²) in [6, 6.07) is 9.67. The molecular weight excluding hydrogens is 288 g/mol. The lowest BCUT2D eigenvalue weighted by molar-refractivity contribution is -0.113.